The maximum absolute atomic E-state index is 13.2. The van der Waals surface area contributed by atoms with Gasteiger partial charge in [-0.1, -0.05) is 6.42 Å². The average molecular weight is 167 g/mol. The van der Waals surface area contributed by atoms with E-state index in [4.69, 9.17) is 5.73 Å². The van der Waals surface area contributed by atoms with Gasteiger partial charge in [0.25, 0.3) is 0 Å². The summed E-state index contributed by atoms with van der Waals surface area (Å²) in [6.07, 6.45) is 4.53. The molecule has 4 heteroatoms. The lowest BCUT2D eigenvalue weighted by Gasteiger charge is -2.24. The molecule has 0 spiro atoms. The third-order valence-electron chi connectivity index (χ3n) is 2.34. The Kier molecular flexibility index (Phi) is 1.67. The summed E-state index contributed by atoms with van der Waals surface area (Å²) in [5, 5.41) is 0. The monoisotopic (exact) mass is 167 g/mol. The average Bonchev–Trinajstić information content (AvgIpc) is 1.95. The molecule has 0 aromatic carbocycles. The van der Waals surface area contributed by atoms with E-state index in [2.05, 4.69) is 9.97 Å². The fraction of sp³-hybridized carbons (Fsp3) is 0.500. The van der Waals surface area contributed by atoms with Crippen LogP contribution in [0.2, 0.25) is 0 Å². The standard InChI is InChI=1S/C8H10FN3/c9-6-7(5-2-1-3-5)11-4-12-8(6)10/h4-5H,1-3H2,(H2,10,11,12). The highest BCUT2D eigenvalue weighted by atomic mass is 19.1. The largest absolute Gasteiger partial charge is 0.381 e. The number of nitrogens with zero attached hydrogens (tertiary/aromatic N) is 2. The first kappa shape index (κ1) is 7.46. The van der Waals surface area contributed by atoms with Crippen molar-refractivity contribution in [1.82, 2.24) is 9.97 Å². The second-order valence-electron chi connectivity index (χ2n) is 3.09. The SMILES string of the molecule is Nc1ncnc(C2CCC2)c1F. The van der Waals surface area contributed by atoms with Gasteiger partial charge in [0.05, 0.1) is 5.69 Å². The number of rotatable bonds is 1. The van der Waals surface area contributed by atoms with Crippen LogP contribution in [0.1, 0.15) is 30.9 Å². The van der Waals surface area contributed by atoms with Crippen molar-refractivity contribution in [2.75, 3.05) is 5.73 Å². The van der Waals surface area contributed by atoms with Crippen LogP contribution in [0.5, 0.6) is 0 Å². The van der Waals surface area contributed by atoms with Crippen molar-refractivity contribution >= 4 is 5.82 Å². The van der Waals surface area contributed by atoms with E-state index in [0.717, 1.165) is 19.3 Å². The quantitative estimate of drug-likeness (QED) is 0.689. The van der Waals surface area contributed by atoms with Crippen molar-refractivity contribution in [2.45, 2.75) is 25.2 Å². The molecule has 12 heavy (non-hydrogen) atoms. The van der Waals surface area contributed by atoms with Crippen LogP contribution in [0.15, 0.2) is 6.33 Å². The first-order chi connectivity index (χ1) is 5.79. The number of anilines is 1. The third kappa shape index (κ3) is 1.03. The fourth-order valence-corrected chi connectivity index (χ4v) is 1.36. The molecule has 0 aliphatic heterocycles. The van der Waals surface area contributed by atoms with Crippen LogP contribution in [-0.2, 0) is 0 Å². The Morgan fingerprint density at radius 1 is 1.42 bits per heavy atom. The van der Waals surface area contributed by atoms with Gasteiger partial charge in [0.1, 0.15) is 6.33 Å². The van der Waals surface area contributed by atoms with Gasteiger partial charge in [-0.05, 0) is 12.8 Å². The molecule has 64 valence electrons. The van der Waals surface area contributed by atoms with Crippen molar-refractivity contribution in [3.05, 3.63) is 17.8 Å². The van der Waals surface area contributed by atoms with Gasteiger partial charge in [0.15, 0.2) is 11.6 Å². The van der Waals surface area contributed by atoms with Gasteiger partial charge < -0.3 is 5.73 Å². The number of hydrogen-bond donors (Lipinski definition) is 1. The Hall–Kier alpha value is -1.19. The summed E-state index contributed by atoms with van der Waals surface area (Å²) in [6, 6.07) is 0. The molecular weight excluding hydrogens is 157 g/mol. The lowest BCUT2D eigenvalue weighted by Crippen LogP contribution is -2.14. The Labute approximate surface area is 69.8 Å². The van der Waals surface area contributed by atoms with Crippen LogP contribution in [0.3, 0.4) is 0 Å². The van der Waals surface area contributed by atoms with Crippen molar-refractivity contribution in [2.24, 2.45) is 0 Å². The van der Waals surface area contributed by atoms with Crippen LogP contribution in [-0.4, -0.2) is 9.97 Å². The summed E-state index contributed by atoms with van der Waals surface area (Å²) in [5.74, 6) is -0.190. The Morgan fingerprint density at radius 2 is 2.17 bits per heavy atom. The van der Waals surface area contributed by atoms with Gasteiger partial charge in [0, 0.05) is 5.92 Å². The minimum Gasteiger partial charge on any atom is -0.381 e. The van der Waals surface area contributed by atoms with E-state index in [1.807, 2.05) is 0 Å². The molecule has 0 unspecified atom stereocenters. The normalized spacial score (nSPS) is 17.4. The first-order valence-corrected chi connectivity index (χ1v) is 4.05. The number of halogens is 1. The smallest absolute Gasteiger partial charge is 0.186 e. The van der Waals surface area contributed by atoms with E-state index in [0.29, 0.717) is 5.69 Å². The molecule has 1 aromatic rings. The number of hydrogen-bond acceptors (Lipinski definition) is 3. The van der Waals surface area contributed by atoms with E-state index < -0.39 is 5.82 Å². The minimum atomic E-state index is -0.429. The van der Waals surface area contributed by atoms with Gasteiger partial charge in [0.2, 0.25) is 0 Å². The first-order valence-electron chi connectivity index (χ1n) is 4.05. The Morgan fingerprint density at radius 3 is 2.75 bits per heavy atom. The maximum Gasteiger partial charge on any atom is 0.186 e. The van der Waals surface area contributed by atoms with Gasteiger partial charge in [-0.25, -0.2) is 14.4 Å². The molecule has 1 saturated carbocycles. The topological polar surface area (TPSA) is 51.8 Å². The van der Waals surface area contributed by atoms with E-state index in [9.17, 15) is 4.39 Å². The van der Waals surface area contributed by atoms with E-state index in [1.54, 1.807) is 0 Å². The molecule has 2 rings (SSSR count). The highest BCUT2D eigenvalue weighted by Gasteiger charge is 2.25. The summed E-state index contributed by atoms with van der Waals surface area (Å²) in [4.78, 5) is 7.47. The molecule has 0 amide bonds. The molecule has 1 heterocycles. The summed E-state index contributed by atoms with van der Waals surface area (Å²) in [7, 11) is 0. The Bertz CT molecular complexity index is 296. The van der Waals surface area contributed by atoms with Crippen LogP contribution in [0.25, 0.3) is 0 Å². The molecule has 0 saturated heterocycles. The fourth-order valence-electron chi connectivity index (χ4n) is 1.36. The van der Waals surface area contributed by atoms with Gasteiger partial charge in [-0.2, -0.15) is 0 Å². The lowest BCUT2D eigenvalue weighted by molar-refractivity contribution is 0.393. The molecule has 3 nitrogen and oxygen atoms in total. The molecule has 1 aliphatic carbocycles. The molecule has 1 fully saturated rings. The third-order valence-corrected chi connectivity index (χ3v) is 2.34. The summed E-state index contributed by atoms with van der Waals surface area (Å²) in [6.45, 7) is 0. The molecule has 1 aliphatic rings. The summed E-state index contributed by atoms with van der Waals surface area (Å²) in [5.41, 5.74) is 5.81. The predicted molar refractivity (Wildman–Crippen MR) is 43.0 cm³/mol. The summed E-state index contributed by atoms with van der Waals surface area (Å²) < 4.78 is 13.2. The summed E-state index contributed by atoms with van der Waals surface area (Å²) >= 11 is 0. The second kappa shape index (κ2) is 2.69. The van der Waals surface area contributed by atoms with Crippen LogP contribution in [0.4, 0.5) is 10.2 Å². The van der Waals surface area contributed by atoms with E-state index in [1.165, 1.54) is 6.33 Å². The van der Waals surface area contributed by atoms with Crippen molar-refractivity contribution in [1.29, 1.82) is 0 Å². The zero-order chi connectivity index (χ0) is 8.55. The second-order valence-corrected chi connectivity index (χ2v) is 3.09. The number of nitrogens with two attached hydrogens (primary N) is 1. The predicted octanol–water partition coefficient (Wildman–Crippen LogP) is 1.47. The van der Waals surface area contributed by atoms with Crippen molar-refractivity contribution in [3.8, 4) is 0 Å². The zero-order valence-corrected chi connectivity index (χ0v) is 6.63. The van der Waals surface area contributed by atoms with E-state index in [-0.39, 0.29) is 11.7 Å². The Balaban J connectivity index is 2.36. The molecule has 0 atom stereocenters. The van der Waals surface area contributed by atoms with Crippen molar-refractivity contribution < 1.29 is 4.39 Å². The van der Waals surface area contributed by atoms with E-state index >= 15 is 0 Å². The molecule has 1 aromatic heterocycles. The highest BCUT2D eigenvalue weighted by molar-refractivity contribution is 5.32. The number of aromatic nitrogens is 2. The van der Waals surface area contributed by atoms with Gasteiger partial charge >= 0.3 is 0 Å². The van der Waals surface area contributed by atoms with Gasteiger partial charge in [-0.15, -0.1) is 0 Å². The highest BCUT2D eigenvalue weighted by Crippen LogP contribution is 2.36. The van der Waals surface area contributed by atoms with Gasteiger partial charge in [-0.3, -0.25) is 0 Å². The molecule has 2 N–H and O–H groups in total. The lowest BCUT2D eigenvalue weighted by atomic mass is 9.82. The molecular formula is C8H10FN3. The van der Waals surface area contributed by atoms with Crippen LogP contribution in [0, 0.1) is 5.82 Å². The van der Waals surface area contributed by atoms with Crippen molar-refractivity contribution in [3.63, 3.8) is 0 Å². The maximum atomic E-state index is 13.2. The van der Waals surface area contributed by atoms with Crippen LogP contribution >= 0.6 is 0 Å². The molecule has 0 radical (unpaired) electrons. The minimum absolute atomic E-state index is 0.0353. The zero-order valence-electron chi connectivity index (χ0n) is 6.63. The number of nitrogen functional groups attached to an aromatic ring is 1. The van der Waals surface area contributed by atoms with Crippen LogP contribution < -0.4 is 5.73 Å². The molecule has 0 bridgehead atoms.